The summed E-state index contributed by atoms with van der Waals surface area (Å²) in [5.74, 6) is 0.511. The van der Waals surface area contributed by atoms with E-state index >= 15 is 0 Å². The number of hydrogen-bond donors (Lipinski definition) is 1. The van der Waals surface area contributed by atoms with Gasteiger partial charge in [0.1, 0.15) is 0 Å². The van der Waals surface area contributed by atoms with E-state index in [1.165, 1.54) is 10.9 Å². The van der Waals surface area contributed by atoms with Gasteiger partial charge >= 0.3 is 0 Å². The number of aromatic nitrogens is 3. The van der Waals surface area contributed by atoms with E-state index in [1.807, 2.05) is 30.3 Å². The Kier molecular flexibility index (Phi) is 2.93. The fourth-order valence-electron chi connectivity index (χ4n) is 1.83. The highest BCUT2D eigenvalue weighted by Crippen LogP contribution is 2.15. The van der Waals surface area contributed by atoms with Crippen molar-refractivity contribution >= 4 is 11.6 Å². The maximum Gasteiger partial charge on any atom is 0.273 e. The molecule has 0 bridgehead atoms. The second-order valence-corrected chi connectivity index (χ2v) is 4.48. The lowest BCUT2D eigenvalue weighted by molar-refractivity contribution is 0.822. The van der Waals surface area contributed by atoms with Gasteiger partial charge in [0.05, 0.1) is 10.7 Å². The van der Waals surface area contributed by atoms with Crippen molar-refractivity contribution in [2.45, 2.75) is 0 Å². The molecule has 3 aromatic rings. The summed E-state index contributed by atoms with van der Waals surface area (Å²) in [7, 11) is 0. The van der Waals surface area contributed by atoms with Crippen LogP contribution in [0, 0.1) is 0 Å². The third-order valence-electron chi connectivity index (χ3n) is 2.75. The summed E-state index contributed by atoms with van der Waals surface area (Å²) in [6.07, 6.45) is 1.51. The van der Waals surface area contributed by atoms with E-state index in [-0.39, 0.29) is 5.56 Å². The van der Waals surface area contributed by atoms with Crippen LogP contribution in [0.5, 0.6) is 0 Å². The van der Waals surface area contributed by atoms with Crippen LogP contribution in [0.4, 0.5) is 0 Å². The second-order valence-electron chi connectivity index (χ2n) is 4.04. The molecule has 94 valence electrons. The number of pyridine rings is 1. The zero-order valence-electron chi connectivity index (χ0n) is 9.88. The van der Waals surface area contributed by atoms with Crippen LogP contribution in [0.2, 0.25) is 5.02 Å². The molecule has 0 aliphatic rings. The maximum atomic E-state index is 12.0. The number of benzene rings is 1. The lowest BCUT2D eigenvalue weighted by Crippen LogP contribution is -2.14. The van der Waals surface area contributed by atoms with E-state index in [4.69, 9.17) is 11.6 Å². The van der Waals surface area contributed by atoms with E-state index in [1.54, 1.807) is 18.2 Å². The molecule has 1 N–H and O–H groups in total. The second kappa shape index (κ2) is 4.74. The highest BCUT2D eigenvalue weighted by Gasteiger charge is 2.07. The largest absolute Gasteiger partial charge is 0.289 e. The van der Waals surface area contributed by atoms with E-state index < -0.39 is 0 Å². The minimum Gasteiger partial charge on any atom is -0.289 e. The molecule has 5 heteroatoms. The summed E-state index contributed by atoms with van der Waals surface area (Å²) in [6.45, 7) is 0. The zero-order chi connectivity index (χ0) is 13.2. The number of nitrogens with one attached hydrogen (secondary N) is 1. The molecule has 0 spiro atoms. The fourth-order valence-corrected chi connectivity index (χ4v) is 1.94. The van der Waals surface area contributed by atoms with Gasteiger partial charge in [0.2, 0.25) is 0 Å². The molecule has 0 aliphatic heterocycles. The molecule has 19 heavy (non-hydrogen) atoms. The van der Waals surface area contributed by atoms with Crippen molar-refractivity contribution in [2.75, 3.05) is 0 Å². The summed E-state index contributed by atoms with van der Waals surface area (Å²) < 4.78 is 1.39. The highest BCUT2D eigenvalue weighted by atomic mass is 35.5. The molecule has 2 heterocycles. The minimum atomic E-state index is -0.159. The highest BCUT2D eigenvalue weighted by molar-refractivity contribution is 6.30. The van der Waals surface area contributed by atoms with Crippen molar-refractivity contribution < 1.29 is 0 Å². The molecular formula is C14H10ClN3O. The van der Waals surface area contributed by atoms with E-state index in [2.05, 4.69) is 10.1 Å². The first-order chi connectivity index (χ1) is 9.24. The van der Waals surface area contributed by atoms with Crippen LogP contribution in [0.15, 0.2) is 59.5 Å². The summed E-state index contributed by atoms with van der Waals surface area (Å²) in [4.78, 5) is 16.1. The molecule has 4 nitrogen and oxygen atoms in total. The number of aromatic amines is 1. The molecule has 3 rings (SSSR count). The van der Waals surface area contributed by atoms with Gasteiger partial charge in [-0.2, -0.15) is 0 Å². The molecule has 0 saturated carbocycles. The third kappa shape index (κ3) is 2.30. The first kappa shape index (κ1) is 11.7. The van der Waals surface area contributed by atoms with Crippen molar-refractivity contribution in [2.24, 2.45) is 0 Å². The molecule has 2 aromatic heterocycles. The van der Waals surface area contributed by atoms with Gasteiger partial charge in [-0.05, 0) is 17.7 Å². The van der Waals surface area contributed by atoms with E-state index in [9.17, 15) is 4.79 Å². The van der Waals surface area contributed by atoms with Crippen LogP contribution < -0.4 is 5.56 Å². The molecule has 1 aromatic carbocycles. The summed E-state index contributed by atoms with van der Waals surface area (Å²) >= 11 is 5.78. The monoisotopic (exact) mass is 271 g/mol. The average molecular weight is 272 g/mol. The first-order valence-corrected chi connectivity index (χ1v) is 6.11. The van der Waals surface area contributed by atoms with Gasteiger partial charge in [0.25, 0.3) is 5.56 Å². The number of nitrogens with zero attached hydrogens (tertiary/aromatic N) is 2. The van der Waals surface area contributed by atoms with E-state index in [0.29, 0.717) is 10.8 Å². The molecule has 0 aliphatic carbocycles. The Bertz CT molecular complexity index is 744. The van der Waals surface area contributed by atoms with Gasteiger partial charge in [-0.15, -0.1) is 0 Å². The van der Waals surface area contributed by atoms with Gasteiger partial charge < -0.3 is 0 Å². The van der Waals surface area contributed by atoms with Gasteiger partial charge in [0.15, 0.2) is 5.82 Å². The fraction of sp³-hybridized carbons (Fsp3) is 0. The minimum absolute atomic E-state index is 0.159. The van der Waals surface area contributed by atoms with Crippen LogP contribution in [-0.4, -0.2) is 14.8 Å². The zero-order valence-corrected chi connectivity index (χ0v) is 10.6. The molecule has 0 fully saturated rings. The Morgan fingerprint density at radius 3 is 2.58 bits per heavy atom. The van der Waals surface area contributed by atoms with Crippen LogP contribution in [0.25, 0.3) is 17.1 Å². The topological polar surface area (TPSA) is 50.7 Å². The lowest BCUT2D eigenvalue weighted by atomic mass is 10.2. The standard InChI is InChI=1S/C14H10ClN3O/c15-11-6-7-13(16-9-11)18-14(19)8-12(17-18)10-4-2-1-3-5-10/h1-9,17H. The van der Waals surface area contributed by atoms with Crippen molar-refractivity contribution in [3.05, 3.63) is 70.1 Å². The molecule has 0 radical (unpaired) electrons. The predicted molar refractivity (Wildman–Crippen MR) is 74.6 cm³/mol. The Morgan fingerprint density at radius 1 is 1.11 bits per heavy atom. The first-order valence-electron chi connectivity index (χ1n) is 5.73. The number of halogens is 1. The van der Waals surface area contributed by atoms with Crippen molar-refractivity contribution in [1.82, 2.24) is 14.8 Å². The van der Waals surface area contributed by atoms with Crippen molar-refractivity contribution in [1.29, 1.82) is 0 Å². The molecular weight excluding hydrogens is 262 g/mol. The van der Waals surface area contributed by atoms with E-state index in [0.717, 1.165) is 11.3 Å². The Labute approximate surface area is 114 Å². The maximum absolute atomic E-state index is 12.0. The quantitative estimate of drug-likeness (QED) is 0.779. The Hall–Kier alpha value is -2.33. The Morgan fingerprint density at radius 2 is 1.89 bits per heavy atom. The summed E-state index contributed by atoms with van der Waals surface area (Å²) in [5.41, 5.74) is 1.54. The average Bonchev–Trinajstić information content (AvgIpc) is 2.83. The van der Waals surface area contributed by atoms with Gasteiger partial charge in [-0.3, -0.25) is 9.89 Å². The Balaban J connectivity index is 2.08. The van der Waals surface area contributed by atoms with Crippen molar-refractivity contribution in [3.8, 4) is 17.1 Å². The number of hydrogen-bond acceptors (Lipinski definition) is 2. The summed E-state index contributed by atoms with van der Waals surface area (Å²) in [5, 5.41) is 3.57. The van der Waals surface area contributed by atoms with Gasteiger partial charge in [-0.25, -0.2) is 9.67 Å². The smallest absolute Gasteiger partial charge is 0.273 e. The number of H-pyrrole nitrogens is 1. The molecule has 0 atom stereocenters. The third-order valence-corrected chi connectivity index (χ3v) is 2.97. The van der Waals surface area contributed by atoms with Crippen LogP contribution in [0.3, 0.4) is 0 Å². The van der Waals surface area contributed by atoms with Gasteiger partial charge in [0, 0.05) is 12.3 Å². The molecule has 0 saturated heterocycles. The normalized spacial score (nSPS) is 10.6. The molecule has 0 amide bonds. The molecule has 0 unspecified atom stereocenters. The number of rotatable bonds is 2. The SMILES string of the molecule is O=c1cc(-c2ccccc2)[nH]n1-c1ccc(Cl)cn1. The van der Waals surface area contributed by atoms with Crippen LogP contribution in [0.1, 0.15) is 0 Å². The predicted octanol–water partition coefficient (Wildman–Crippen LogP) is 2.88. The van der Waals surface area contributed by atoms with Crippen LogP contribution >= 0.6 is 11.6 Å². The van der Waals surface area contributed by atoms with Gasteiger partial charge in [-0.1, -0.05) is 41.9 Å². The lowest BCUT2D eigenvalue weighted by Gasteiger charge is -2.01. The summed E-state index contributed by atoms with van der Waals surface area (Å²) in [6, 6.07) is 14.6. The van der Waals surface area contributed by atoms with Crippen LogP contribution in [-0.2, 0) is 0 Å². The van der Waals surface area contributed by atoms with Crippen molar-refractivity contribution in [3.63, 3.8) is 0 Å².